The molecule has 0 aliphatic carbocycles. The van der Waals surface area contributed by atoms with Gasteiger partial charge < -0.3 is 15.2 Å². The average Bonchev–Trinajstić information content (AvgIpc) is 2.34. The van der Waals surface area contributed by atoms with Crippen LogP contribution in [0.1, 0.15) is 32.6 Å². The fourth-order valence-electron chi connectivity index (χ4n) is 1.63. The van der Waals surface area contributed by atoms with Crippen LogP contribution in [-0.4, -0.2) is 40.8 Å². The molecule has 1 aliphatic rings. The van der Waals surface area contributed by atoms with E-state index in [1.165, 1.54) is 5.01 Å². The Labute approximate surface area is 100 Å². The molecule has 98 valence electrons. The molecule has 7 nitrogen and oxygen atoms in total. The quantitative estimate of drug-likeness (QED) is 0.330. The van der Waals surface area contributed by atoms with E-state index >= 15 is 0 Å². The van der Waals surface area contributed by atoms with Crippen molar-refractivity contribution in [1.82, 2.24) is 5.01 Å². The molecule has 0 aromatic rings. The van der Waals surface area contributed by atoms with Crippen molar-refractivity contribution < 1.29 is 19.7 Å². The summed E-state index contributed by atoms with van der Waals surface area (Å²) in [4.78, 5) is 16.0. The standard InChI is InChI=1S/C10H19N3O4/c1-2-3-8-17-11-13(16)12-6-4-9(5-7-12)10(14)15/h9H,2-8H2,1H3,(H,14,15)/b13-11-. The van der Waals surface area contributed by atoms with E-state index in [1.54, 1.807) is 0 Å². The lowest BCUT2D eigenvalue weighted by Gasteiger charge is -2.25. The van der Waals surface area contributed by atoms with E-state index in [4.69, 9.17) is 9.94 Å². The maximum Gasteiger partial charge on any atom is 0.306 e. The van der Waals surface area contributed by atoms with Crippen LogP contribution < -0.4 is 0 Å². The summed E-state index contributed by atoms with van der Waals surface area (Å²) in [7, 11) is 0. The molecule has 1 saturated heterocycles. The minimum atomic E-state index is -0.793. The highest BCUT2D eigenvalue weighted by Gasteiger charge is 2.28. The first-order valence-corrected chi connectivity index (χ1v) is 5.93. The van der Waals surface area contributed by atoms with E-state index < -0.39 is 5.97 Å². The van der Waals surface area contributed by atoms with Gasteiger partial charge in [-0.15, -0.1) is 5.01 Å². The zero-order valence-corrected chi connectivity index (χ0v) is 10.0. The lowest BCUT2D eigenvalue weighted by molar-refractivity contribution is -0.713. The number of carbonyl (C=O) groups is 1. The molecule has 0 saturated carbocycles. The van der Waals surface area contributed by atoms with Crippen molar-refractivity contribution in [2.45, 2.75) is 32.6 Å². The van der Waals surface area contributed by atoms with E-state index in [-0.39, 0.29) is 5.92 Å². The molecule has 1 rings (SSSR count). The third-order valence-corrected chi connectivity index (χ3v) is 2.78. The lowest BCUT2D eigenvalue weighted by Crippen LogP contribution is -2.40. The van der Waals surface area contributed by atoms with Crippen LogP contribution in [0.5, 0.6) is 0 Å². The van der Waals surface area contributed by atoms with E-state index in [0.29, 0.717) is 37.5 Å². The molecule has 1 N–H and O–H groups in total. The number of hydrogen-bond donors (Lipinski definition) is 1. The number of nitrogens with zero attached hydrogens (tertiary/aromatic N) is 3. The van der Waals surface area contributed by atoms with Crippen LogP contribution in [0.25, 0.3) is 0 Å². The SMILES string of the molecule is CCCCO/N=[N+](\[O-])N1CCC(C(=O)O)CC1. The number of aliphatic carboxylic acids is 1. The molecule has 1 heterocycles. The maximum absolute atomic E-state index is 11.4. The number of carboxylic acids is 1. The van der Waals surface area contributed by atoms with Crippen LogP contribution in [0.2, 0.25) is 0 Å². The largest absolute Gasteiger partial charge is 0.569 e. The Morgan fingerprint density at radius 2 is 2.24 bits per heavy atom. The van der Waals surface area contributed by atoms with Gasteiger partial charge in [-0.25, -0.2) is 0 Å². The number of carboxylic acid groups (broad SMARTS) is 1. The van der Waals surface area contributed by atoms with Gasteiger partial charge >= 0.3 is 5.97 Å². The van der Waals surface area contributed by atoms with E-state index in [1.807, 2.05) is 6.92 Å². The summed E-state index contributed by atoms with van der Waals surface area (Å²) >= 11 is 0. The number of piperidine rings is 1. The Morgan fingerprint density at radius 1 is 1.59 bits per heavy atom. The Bertz CT molecular complexity index is 275. The zero-order chi connectivity index (χ0) is 12.7. The molecule has 0 aromatic heterocycles. The van der Waals surface area contributed by atoms with Gasteiger partial charge in [-0.2, -0.15) is 0 Å². The van der Waals surface area contributed by atoms with Crippen LogP contribution >= 0.6 is 0 Å². The first-order valence-electron chi connectivity index (χ1n) is 5.93. The maximum atomic E-state index is 11.4. The van der Waals surface area contributed by atoms with E-state index in [0.717, 1.165) is 12.8 Å². The fraction of sp³-hybridized carbons (Fsp3) is 0.900. The van der Waals surface area contributed by atoms with Crippen LogP contribution in [-0.2, 0) is 9.63 Å². The number of rotatable bonds is 6. The third kappa shape index (κ3) is 4.46. The number of unbranched alkanes of at least 4 members (excludes halogenated alkanes) is 1. The van der Waals surface area contributed by atoms with Gasteiger partial charge in [0, 0.05) is 0 Å². The van der Waals surface area contributed by atoms with Crippen LogP contribution in [0.4, 0.5) is 0 Å². The monoisotopic (exact) mass is 245 g/mol. The lowest BCUT2D eigenvalue weighted by atomic mass is 9.98. The van der Waals surface area contributed by atoms with Crippen molar-refractivity contribution in [2.75, 3.05) is 19.7 Å². The van der Waals surface area contributed by atoms with E-state index in [2.05, 4.69) is 5.28 Å². The van der Waals surface area contributed by atoms with Crippen molar-refractivity contribution in [3.8, 4) is 0 Å². The molecule has 1 aliphatic heterocycles. The molecule has 0 aromatic carbocycles. The van der Waals surface area contributed by atoms with Crippen LogP contribution in [0, 0.1) is 11.1 Å². The molecule has 7 heteroatoms. The van der Waals surface area contributed by atoms with Gasteiger partial charge in [0.2, 0.25) is 5.28 Å². The van der Waals surface area contributed by atoms with Crippen LogP contribution in [0.15, 0.2) is 5.28 Å². The normalized spacial score (nSPS) is 18.2. The Balaban J connectivity index is 2.29. The molecule has 17 heavy (non-hydrogen) atoms. The predicted molar refractivity (Wildman–Crippen MR) is 58.8 cm³/mol. The van der Waals surface area contributed by atoms with Gasteiger partial charge in [0.1, 0.15) is 6.61 Å². The summed E-state index contributed by atoms with van der Waals surface area (Å²) in [5, 5.41) is 25.1. The molecule has 0 bridgehead atoms. The average molecular weight is 245 g/mol. The molecule has 0 radical (unpaired) electrons. The second-order valence-corrected chi connectivity index (χ2v) is 4.09. The second kappa shape index (κ2) is 6.93. The molecule has 0 amide bonds. The molecule has 0 unspecified atom stereocenters. The summed E-state index contributed by atoms with van der Waals surface area (Å²) in [6.45, 7) is 3.26. The van der Waals surface area contributed by atoms with Crippen molar-refractivity contribution in [2.24, 2.45) is 11.2 Å². The van der Waals surface area contributed by atoms with E-state index in [9.17, 15) is 10.0 Å². The number of hydrazine groups is 1. The fourth-order valence-corrected chi connectivity index (χ4v) is 1.63. The first-order chi connectivity index (χ1) is 8.15. The Morgan fingerprint density at radius 3 is 2.76 bits per heavy atom. The highest BCUT2D eigenvalue weighted by Crippen LogP contribution is 2.17. The Hall–Kier alpha value is -1.53. The summed E-state index contributed by atoms with van der Waals surface area (Å²) in [6.07, 6.45) is 2.79. The smallest absolute Gasteiger partial charge is 0.306 e. The topological polar surface area (TPSA) is 88.2 Å². The number of hydrogen-bond acceptors (Lipinski definition) is 4. The van der Waals surface area contributed by atoms with Crippen LogP contribution in [0.3, 0.4) is 0 Å². The van der Waals surface area contributed by atoms with Crippen molar-refractivity contribution in [1.29, 1.82) is 0 Å². The van der Waals surface area contributed by atoms with Gasteiger partial charge in [-0.3, -0.25) is 4.79 Å². The summed E-state index contributed by atoms with van der Waals surface area (Å²) in [5.41, 5.74) is 0. The molecular formula is C10H19N3O4. The highest BCUT2D eigenvalue weighted by atomic mass is 16.7. The van der Waals surface area contributed by atoms with Crippen molar-refractivity contribution in [3.63, 3.8) is 0 Å². The summed E-state index contributed by atoms with van der Waals surface area (Å²) in [6, 6.07) is 0. The third-order valence-electron chi connectivity index (χ3n) is 2.78. The van der Waals surface area contributed by atoms with Crippen molar-refractivity contribution in [3.05, 3.63) is 5.21 Å². The minimum absolute atomic E-state index is 0.347. The van der Waals surface area contributed by atoms with Gasteiger partial charge in [0.25, 0.3) is 0 Å². The molecular weight excluding hydrogens is 226 g/mol. The zero-order valence-electron chi connectivity index (χ0n) is 10.0. The molecule has 1 fully saturated rings. The molecule has 0 atom stereocenters. The minimum Gasteiger partial charge on any atom is -0.569 e. The van der Waals surface area contributed by atoms with Gasteiger partial charge in [0.05, 0.1) is 24.0 Å². The second-order valence-electron chi connectivity index (χ2n) is 4.09. The van der Waals surface area contributed by atoms with Gasteiger partial charge in [0.15, 0.2) is 0 Å². The summed E-state index contributed by atoms with van der Waals surface area (Å²) in [5.74, 6) is -1.14. The summed E-state index contributed by atoms with van der Waals surface area (Å²) < 4.78 is 0. The van der Waals surface area contributed by atoms with Gasteiger partial charge in [-0.1, -0.05) is 13.3 Å². The van der Waals surface area contributed by atoms with Gasteiger partial charge in [-0.05, 0) is 19.3 Å². The van der Waals surface area contributed by atoms with Crippen molar-refractivity contribution >= 4 is 5.97 Å². The predicted octanol–water partition coefficient (Wildman–Crippen LogP) is 1.39. The first kappa shape index (κ1) is 13.5. The Kier molecular flexibility index (Phi) is 5.51. The molecule has 0 spiro atoms. The highest BCUT2D eigenvalue weighted by molar-refractivity contribution is 5.70.